The van der Waals surface area contributed by atoms with Gasteiger partial charge in [0.05, 0.1) is 23.0 Å². The van der Waals surface area contributed by atoms with E-state index in [0.29, 0.717) is 0 Å². The molecule has 1 atom stereocenters. The van der Waals surface area contributed by atoms with Crippen LogP contribution >= 0.6 is 0 Å². The maximum atomic E-state index is 10.7. The highest BCUT2D eigenvalue weighted by molar-refractivity contribution is 5.98. The van der Waals surface area contributed by atoms with Crippen LogP contribution in [0.25, 0.3) is 0 Å². The van der Waals surface area contributed by atoms with E-state index in [1.165, 1.54) is 23.3 Å². The maximum Gasteiger partial charge on any atom is 0.269 e. The van der Waals surface area contributed by atoms with Gasteiger partial charge in [-0.1, -0.05) is 30.1 Å². The molecular formula is C21H24N4O3. The van der Waals surface area contributed by atoms with Crippen molar-refractivity contribution in [1.82, 2.24) is 9.55 Å². The first-order valence-electron chi connectivity index (χ1n) is 9.35. The van der Waals surface area contributed by atoms with Crippen LogP contribution in [-0.2, 0) is 11.4 Å². The molecule has 7 nitrogen and oxygen atoms in total. The summed E-state index contributed by atoms with van der Waals surface area (Å²) in [7, 11) is 0. The number of nitro groups is 1. The number of imidazole rings is 1. The molecule has 3 rings (SSSR count). The third-order valence-electron chi connectivity index (χ3n) is 4.76. The molecule has 0 aliphatic heterocycles. The van der Waals surface area contributed by atoms with Crippen molar-refractivity contribution in [2.45, 2.75) is 45.8 Å². The second-order valence-corrected chi connectivity index (χ2v) is 6.84. The van der Waals surface area contributed by atoms with E-state index in [9.17, 15) is 10.1 Å². The van der Waals surface area contributed by atoms with Crippen LogP contribution in [0.15, 0.2) is 71.4 Å². The Bertz CT molecular complexity index is 896. The molecule has 1 aliphatic carbocycles. The number of nitrogens with zero attached hydrogens (tertiary/aromatic N) is 4. The summed E-state index contributed by atoms with van der Waals surface area (Å²) in [5.41, 5.74) is 4.34. The van der Waals surface area contributed by atoms with Crippen molar-refractivity contribution < 1.29 is 9.76 Å². The van der Waals surface area contributed by atoms with E-state index in [0.717, 1.165) is 30.5 Å². The molecule has 0 amide bonds. The molecular weight excluding hydrogens is 356 g/mol. The molecule has 0 spiro atoms. The van der Waals surface area contributed by atoms with Crippen molar-refractivity contribution in [2.24, 2.45) is 5.16 Å². The fraction of sp³-hybridized carbons (Fsp3) is 0.333. The largest absolute Gasteiger partial charge is 0.391 e. The molecule has 1 unspecified atom stereocenters. The lowest BCUT2D eigenvalue weighted by molar-refractivity contribution is -0.384. The van der Waals surface area contributed by atoms with E-state index in [4.69, 9.17) is 4.84 Å². The van der Waals surface area contributed by atoms with Crippen molar-refractivity contribution in [3.8, 4) is 0 Å². The Morgan fingerprint density at radius 2 is 2.11 bits per heavy atom. The van der Waals surface area contributed by atoms with Crippen LogP contribution in [0.3, 0.4) is 0 Å². The Morgan fingerprint density at radius 3 is 2.71 bits per heavy atom. The molecule has 28 heavy (non-hydrogen) atoms. The van der Waals surface area contributed by atoms with Gasteiger partial charge in [-0.05, 0) is 42.7 Å². The van der Waals surface area contributed by atoms with Crippen LogP contribution in [-0.4, -0.2) is 20.2 Å². The number of non-ortho nitro benzene ring substituents is 1. The van der Waals surface area contributed by atoms with Crippen LogP contribution in [0.1, 0.15) is 44.7 Å². The Kier molecular flexibility index (Phi) is 6.37. The predicted octanol–water partition coefficient (Wildman–Crippen LogP) is 4.98. The van der Waals surface area contributed by atoms with E-state index in [2.05, 4.69) is 34.6 Å². The van der Waals surface area contributed by atoms with Gasteiger partial charge in [-0.3, -0.25) is 10.1 Å². The monoisotopic (exact) mass is 380 g/mol. The van der Waals surface area contributed by atoms with Crippen LogP contribution < -0.4 is 0 Å². The van der Waals surface area contributed by atoms with Crippen molar-refractivity contribution in [3.05, 3.63) is 82.0 Å². The van der Waals surface area contributed by atoms with Gasteiger partial charge in [-0.25, -0.2) is 4.98 Å². The maximum absolute atomic E-state index is 10.7. The summed E-state index contributed by atoms with van der Waals surface area (Å²) >= 11 is 0. The Hall–Kier alpha value is -3.22. The van der Waals surface area contributed by atoms with Gasteiger partial charge in [0.2, 0.25) is 0 Å². The van der Waals surface area contributed by atoms with E-state index in [1.807, 2.05) is 24.8 Å². The Morgan fingerprint density at radius 1 is 1.32 bits per heavy atom. The Labute approximate surface area is 164 Å². The van der Waals surface area contributed by atoms with Crippen LogP contribution in [0.5, 0.6) is 0 Å². The SMILES string of the molecule is CCCC(C1=C(C)CC(=NOCc2ccc([N+](=O)[O-])cc2)C=C1)n1ccnc1. The summed E-state index contributed by atoms with van der Waals surface area (Å²) in [6.45, 7) is 4.59. The minimum absolute atomic E-state index is 0.0677. The van der Waals surface area contributed by atoms with Crippen LogP contribution in [0.2, 0.25) is 0 Å². The van der Waals surface area contributed by atoms with E-state index in [1.54, 1.807) is 12.1 Å². The van der Waals surface area contributed by atoms with Crippen molar-refractivity contribution in [1.29, 1.82) is 0 Å². The quantitative estimate of drug-likeness (QED) is 0.477. The summed E-state index contributed by atoms with van der Waals surface area (Å²) in [6, 6.07) is 6.58. The lowest BCUT2D eigenvalue weighted by Crippen LogP contribution is -2.14. The van der Waals surface area contributed by atoms with Gasteiger partial charge in [0.15, 0.2) is 0 Å². The van der Waals surface area contributed by atoms with Gasteiger partial charge >= 0.3 is 0 Å². The van der Waals surface area contributed by atoms with Gasteiger partial charge < -0.3 is 9.40 Å². The average molecular weight is 380 g/mol. The molecule has 0 fully saturated rings. The highest BCUT2D eigenvalue weighted by Crippen LogP contribution is 2.30. The summed E-state index contributed by atoms with van der Waals surface area (Å²) in [4.78, 5) is 19.9. The number of aromatic nitrogens is 2. The van der Waals surface area contributed by atoms with Crippen LogP contribution in [0, 0.1) is 10.1 Å². The molecule has 0 bridgehead atoms. The zero-order valence-corrected chi connectivity index (χ0v) is 16.1. The minimum Gasteiger partial charge on any atom is -0.391 e. The van der Waals surface area contributed by atoms with Crippen molar-refractivity contribution in [3.63, 3.8) is 0 Å². The lowest BCUT2D eigenvalue weighted by Gasteiger charge is -2.24. The number of hydrogen-bond donors (Lipinski definition) is 0. The lowest BCUT2D eigenvalue weighted by atomic mass is 9.90. The van der Waals surface area contributed by atoms with Crippen molar-refractivity contribution in [2.75, 3.05) is 0 Å². The number of allylic oxidation sites excluding steroid dienone is 4. The first kappa shape index (κ1) is 19.5. The van der Waals surface area contributed by atoms with Gasteiger partial charge in [-0.2, -0.15) is 0 Å². The third-order valence-corrected chi connectivity index (χ3v) is 4.76. The highest BCUT2D eigenvalue weighted by atomic mass is 16.6. The molecule has 1 aromatic heterocycles. The molecule has 2 aromatic rings. The summed E-state index contributed by atoms with van der Waals surface area (Å²) in [6.07, 6.45) is 12.7. The number of oxime groups is 1. The Balaban J connectivity index is 1.62. The second kappa shape index (κ2) is 9.12. The fourth-order valence-corrected chi connectivity index (χ4v) is 3.32. The standard InChI is InChI=1S/C21H24N4O3/c1-3-4-21(24-12-11-22-15-24)20-10-7-18(13-16(20)2)23-28-14-17-5-8-19(9-6-17)25(26)27/h5-12,15,21H,3-4,13-14H2,1-2H3. The molecule has 1 heterocycles. The van der Waals surface area contributed by atoms with Gasteiger partial charge in [0.1, 0.15) is 6.61 Å². The molecule has 7 heteroatoms. The summed E-state index contributed by atoms with van der Waals surface area (Å²) in [5.74, 6) is 0. The van der Waals surface area contributed by atoms with E-state index >= 15 is 0 Å². The van der Waals surface area contributed by atoms with Crippen LogP contribution in [0.4, 0.5) is 5.69 Å². The number of nitro benzene ring substituents is 1. The van der Waals surface area contributed by atoms with E-state index < -0.39 is 4.92 Å². The van der Waals surface area contributed by atoms with Gasteiger partial charge in [-0.15, -0.1) is 0 Å². The third kappa shape index (κ3) is 4.73. The normalized spacial score (nSPS) is 16.4. The molecule has 146 valence electrons. The molecule has 0 radical (unpaired) electrons. The topological polar surface area (TPSA) is 82.5 Å². The zero-order valence-electron chi connectivity index (χ0n) is 16.1. The smallest absolute Gasteiger partial charge is 0.269 e. The molecule has 0 saturated heterocycles. The first-order chi connectivity index (χ1) is 13.6. The predicted molar refractivity (Wildman–Crippen MR) is 108 cm³/mol. The second-order valence-electron chi connectivity index (χ2n) is 6.84. The summed E-state index contributed by atoms with van der Waals surface area (Å²) in [5, 5.41) is 14.9. The average Bonchev–Trinajstić information content (AvgIpc) is 3.22. The first-order valence-corrected chi connectivity index (χ1v) is 9.35. The fourth-order valence-electron chi connectivity index (χ4n) is 3.32. The molecule has 0 N–H and O–H groups in total. The molecule has 1 aliphatic rings. The van der Waals surface area contributed by atoms with E-state index in [-0.39, 0.29) is 18.3 Å². The molecule has 1 aromatic carbocycles. The minimum atomic E-state index is -0.417. The van der Waals surface area contributed by atoms with Crippen molar-refractivity contribution >= 4 is 11.4 Å². The number of hydrogen-bond acceptors (Lipinski definition) is 5. The highest BCUT2D eigenvalue weighted by Gasteiger charge is 2.19. The molecule has 0 saturated carbocycles. The number of benzene rings is 1. The van der Waals surface area contributed by atoms with Gasteiger partial charge in [0, 0.05) is 30.9 Å². The number of rotatable bonds is 8. The van der Waals surface area contributed by atoms with Gasteiger partial charge in [0.25, 0.3) is 5.69 Å². The summed E-state index contributed by atoms with van der Waals surface area (Å²) < 4.78 is 2.15. The zero-order chi connectivity index (χ0) is 19.9.